The van der Waals surface area contributed by atoms with Crippen molar-refractivity contribution in [2.75, 3.05) is 11.9 Å². The van der Waals surface area contributed by atoms with Gasteiger partial charge in [-0.3, -0.25) is 0 Å². The number of para-hydroxylation sites is 1. The molecule has 2 heteroatoms. The molecule has 4 rings (SSSR count). The summed E-state index contributed by atoms with van der Waals surface area (Å²) in [5.74, 6) is 0. The minimum Gasteiger partial charge on any atom is -0.381 e. The van der Waals surface area contributed by atoms with Crippen LogP contribution in [0.3, 0.4) is 0 Å². The zero-order valence-electron chi connectivity index (χ0n) is 24.1. The topological polar surface area (TPSA) is 24.1 Å². The first-order valence-electron chi connectivity index (χ1n) is 14.0. The number of allylic oxidation sites excluding steroid dienone is 6. The maximum Gasteiger partial charge on any atom is 0.0706 e. The summed E-state index contributed by atoms with van der Waals surface area (Å²) in [4.78, 5) is 0. The summed E-state index contributed by atoms with van der Waals surface area (Å²) in [6.07, 6.45) is 17.5. The standard InChI is InChI=1S/C29H30N2.3C2H6/c1-3-23(24-14-5-4-6-15-24)21-29(25-16-8-7-13-22(25)2)31-28-19-10-9-17-26(28)27-18-11-12-20-30-27;3*1-2/h3-6,9-19,21,29-31H,1,7-8,20H2,2H3;3*1-2H3/b23-21+;;;. The van der Waals surface area contributed by atoms with Crippen molar-refractivity contribution in [1.82, 2.24) is 5.32 Å². The molecule has 37 heavy (non-hydrogen) atoms. The van der Waals surface area contributed by atoms with Crippen LogP contribution in [0.25, 0.3) is 11.3 Å². The third-order valence-electron chi connectivity index (χ3n) is 5.78. The third-order valence-corrected chi connectivity index (χ3v) is 5.78. The third kappa shape index (κ3) is 9.46. The van der Waals surface area contributed by atoms with Gasteiger partial charge in [0, 0.05) is 23.5 Å². The van der Waals surface area contributed by atoms with Gasteiger partial charge in [0.2, 0.25) is 0 Å². The van der Waals surface area contributed by atoms with E-state index in [4.69, 9.17) is 0 Å². The van der Waals surface area contributed by atoms with Gasteiger partial charge in [0.1, 0.15) is 0 Å². The largest absolute Gasteiger partial charge is 0.381 e. The Morgan fingerprint density at radius 1 is 0.892 bits per heavy atom. The van der Waals surface area contributed by atoms with Gasteiger partial charge in [-0.1, -0.05) is 133 Å². The van der Waals surface area contributed by atoms with E-state index < -0.39 is 0 Å². The molecule has 0 radical (unpaired) electrons. The molecule has 2 aromatic rings. The van der Waals surface area contributed by atoms with Crippen molar-refractivity contribution in [3.05, 3.63) is 126 Å². The number of benzene rings is 2. The molecule has 198 valence electrons. The van der Waals surface area contributed by atoms with Crippen LogP contribution >= 0.6 is 0 Å². The van der Waals surface area contributed by atoms with Gasteiger partial charge in [-0.25, -0.2) is 0 Å². The molecule has 0 fully saturated rings. The van der Waals surface area contributed by atoms with Crippen molar-refractivity contribution in [3.63, 3.8) is 0 Å². The highest BCUT2D eigenvalue weighted by molar-refractivity contribution is 5.79. The molecule has 2 nitrogen and oxygen atoms in total. The zero-order chi connectivity index (χ0) is 27.5. The first-order valence-corrected chi connectivity index (χ1v) is 14.0. The molecule has 0 saturated carbocycles. The van der Waals surface area contributed by atoms with Crippen molar-refractivity contribution in [1.29, 1.82) is 0 Å². The molecule has 0 amide bonds. The summed E-state index contributed by atoms with van der Waals surface area (Å²) in [6.45, 7) is 19.2. The molecular formula is C35H48N2. The number of dihydropyridines is 1. The fraction of sp³-hybridized carbons (Fsp3) is 0.314. The Labute approximate surface area is 227 Å². The lowest BCUT2D eigenvalue weighted by molar-refractivity contribution is 0.927. The highest BCUT2D eigenvalue weighted by atomic mass is 14.9. The van der Waals surface area contributed by atoms with Gasteiger partial charge in [-0.15, -0.1) is 0 Å². The first-order chi connectivity index (χ1) is 18.3. The van der Waals surface area contributed by atoms with Gasteiger partial charge in [0.05, 0.1) is 6.04 Å². The quantitative estimate of drug-likeness (QED) is 0.373. The van der Waals surface area contributed by atoms with Crippen LogP contribution in [-0.4, -0.2) is 12.6 Å². The van der Waals surface area contributed by atoms with E-state index in [1.54, 1.807) is 0 Å². The smallest absolute Gasteiger partial charge is 0.0706 e. The number of hydrogen-bond acceptors (Lipinski definition) is 2. The summed E-state index contributed by atoms with van der Waals surface area (Å²) in [7, 11) is 0. The minimum atomic E-state index is 0.0469. The lowest BCUT2D eigenvalue weighted by Gasteiger charge is -2.26. The Morgan fingerprint density at radius 3 is 2.16 bits per heavy atom. The van der Waals surface area contributed by atoms with Gasteiger partial charge in [-0.2, -0.15) is 0 Å². The van der Waals surface area contributed by atoms with Gasteiger partial charge < -0.3 is 10.6 Å². The molecule has 1 heterocycles. The summed E-state index contributed by atoms with van der Waals surface area (Å²) >= 11 is 0. The molecule has 0 spiro atoms. The molecule has 2 aliphatic rings. The van der Waals surface area contributed by atoms with Crippen molar-refractivity contribution in [3.8, 4) is 0 Å². The van der Waals surface area contributed by atoms with Crippen LogP contribution in [0.2, 0.25) is 0 Å². The monoisotopic (exact) mass is 496 g/mol. The SMILES string of the molecule is C=C/C(=C\C(Nc1ccccc1C1=CC=CCN1)C1=CCCC=C1C)c1ccccc1.CC.CC.CC. The van der Waals surface area contributed by atoms with E-state index in [9.17, 15) is 0 Å². The van der Waals surface area contributed by atoms with E-state index in [-0.39, 0.29) is 6.04 Å². The fourth-order valence-electron chi connectivity index (χ4n) is 4.15. The Hall–Kier alpha value is -3.52. The van der Waals surface area contributed by atoms with Gasteiger partial charge >= 0.3 is 0 Å². The maximum atomic E-state index is 4.10. The molecule has 1 unspecified atom stereocenters. The van der Waals surface area contributed by atoms with E-state index in [0.717, 1.165) is 36.3 Å². The number of anilines is 1. The van der Waals surface area contributed by atoms with Gasteiger partial charge in [0.25, 0.3) is 0 Å². The molecule has 1 aliphatic carbocycles. The van der Waals surface area contributed by atoms with Crippen molar-refractivity contribution in [2.45, 2.75) is 67.3 Å². The number of rotatable bonds is 7. The molecule has 0 saturated heterocycles. The van der Waals surface area contributed by atoms with Crippen LogP contribution in [0.4, 0.5) is 5.69 Å². The summed E-state index contributed by atoms with van der Waals surface area (Å²) < 4.78 is 0. The summed E-state index contributed by atoms with van der Waals surface area (Å²) in [5.41, 5.74) is 8.43. The number of hydrogen-bond donors (Lipinski definition) is 2. The van der Waals surface area contributed by atoms with E-state index in [2.05, 4.69) is 109 Å². The van der Waals surface area contributed by atoms with Crippen LogP contribution in [0.5, 0.6) is 0 Å². The average molecular weight is 497 g/mol. The molecule has 0 bridgehead atoms. The predicted octanol–water partition coefficient (Wildman–Crippen LogP) is 9.98. The van der Waals surface area contributed by atoms with E-state index in [1.807, 2.05) is 53.7 Å². The second-order valence-corrected chi connectivity index (χ2v) is 7.87. The van der Waals surface area contributed by atoms with E-state index in [0.29, 0.717) is 0 Å². The second kappa shape index (κ2) is 18.7. The van der Waals surface area contributed by atoms with E-state index >= 15 is 0 Å². The molecule has 1 aliphatic heterocycles. The molecule has 1 atom stereocenters. The lowest BCUT2D eigenvalue weighted by atomic mass is 9.90. The molecular weight excluding hydrogens is 448 g/mol. The Kier molecular flexibility index (Phi) is 15.9. The average Bonchev–Trinajstić information content (AvgIpc) is 3.00. The lowest BCUT2D eigenvalue weighted by Crippen LogP contribution is -2.23. The normalized spacial score (nSPS) is 14.8. The first kappa shape index (κ1) is 31.5. The van der Waals surface area contributed by atoms with Crippen molar-refractivity contribution < 1.29 is 0 Å². The van der Waals surface area contributed by atoms with Crippen LogP contribution in [0.1, 0.15) is 72.4 Å². The Morgan fingerprint density at radius 2 is 1.54 bits per heavy atom. The maximum absolute atomic E-state index is 4.10. The van der Waals surface area contributed by atoms with Gasteiger partial charge in [0.15, 0.2) is 0 Å². The van der Waals surface area contributed by atoms with Gasteiger partial charge in [-0.05, 0) is 54.2 Å². The Balaban J connectivity index is 0.00000106. The molecule has 0 aromatic heterocycles. The van der Waals surface area contributed by atoms with Crippen molar-refractivity contribution in [2.24, 2.45) is 0 Å². The molecule has 2 N–H and O–H groups in total. The predicted molar refractivity (Wildman–Crippen MR) is 169 cm³/mol. The van der Waals surface area contributed by atoms with Crippen LogP contribution in [-0.2, 0) is 0 Å². The highest BCUT2D eigenvalue weighted by Gasteiger charge is 2.18. The minimum absolute atomic E-state index is 0.0469. The molecule has 2 aromatic carbocycles. The number of nitrogens with one attached hydrogen (secondary N) is 2. The summed E-state index contributed by atoms with van der Waals surface area (Å²) in [5, 5.41) is 7.33. The van der Waals surface area contributed by atoms with E-state index in [1.165, 1.54) is 22.3 Å². The van der Waals surface area contributed by atoms with Crippen molar-refractivity contribution >= 4 is 17.0 Å². The Bertz CT molecular complexity index is 1080. The zero-order valence-corrected chi connectivity index (χ0v) is 24.1. The highest BCUT2D eigenvalue weighted by Crippen LogP contribution is 2.30. The summed E-state index contributed by atoms with van der Waals surface area (Å²) in [6, 6.07) is 19.0. The van der Waals surface area contributed by atoms with Crippen LogP contribution in [0, 0.1) is 0 Å². The fourth-order valence-corrected chi connectivity index (χ4v) is 4.15. The van der Waals surface area contributed by atoms with Crippen LogP contribution in [0.15, 0.2) is 115 Å². The van der Waals surface area contributed by atoms with Crippen LogP contribution < -0.4 is 10.6 Å². The second-order valence-electron chi connectivity index (χ2n) is 7.87.